The Morgan fingerprint density at radius 1 is 1.17 bits per heavy atom. The van der Waals surface area contributed by atoms with Crippen LogP contribution in [0.4, 0.5) is 0 Å². The van der Waals surface area contributed by atoms with Crippen molar-refractivity contribution in [2.75, 3.05) is 0 Å². The molecule has 0 aliphatic heterocycles. The van der Waals surface area contributed by atoms with Gasteiger partial charge in [-0.05, 0) is 12.3 Å². The number of hydrogen-bond acceptors (Lipinski definition) is 2. The van der Waals surface area contributed by atoms with E-state index >= 15 is 0 Å². The van der Waals surface area contributed by atoms with Gasteiger partial charge in [-0.25, -0.2) is 0 Å². The van der Waals surface area contributed by atoms with Gasteiger partial charge in [-0.15, -0.1) is 0 Å². The van der Waals surface area contributed by atoms with Crippen molar-refractivity contribution < 1.29 is 0 Å². The van der Waals surface area contributed by atoms with Crippen LogP contribution in [0.25, 0.3) is 0 Å². The molecule has 3 N–H and O–H groups in total. The van der Waals surface area contributed by atoms with Crippen LogP contribution < -0.4 is 11.3 Å². The Hall–Kier alpha value is -0.0800. The fourth-order valence-corrected chi connectivity index (χ4v) is 1.74. The molecule has 0 aliphatic rings. The summed E-state index contributed by atoms with van der Waals surface area (Å²) in [5.41, 5.74) is 2.94. The normalized spacial score (nSPS) is 13.8. The van der Waals surface area contributed by atoms with Crippen LogP contribution in [0.15, 0.2) is 0 Å². The zero-order chi connectivity index (χ0) is 9.40. The summed E-state index contributed by atoms with van der Waals surface area (Å²) >= 11 is 0. The van der Waals surface area contributed by atoms with Crippen LogP contribution in [0.1, 0.15) is 52.9 Å². The van der Waals surface area contributed by atoms with E-state index in [1.54, 1.807) is 0 Å². The third-order valence-electron chi connectivity index (χ3n) is 2.70. The summed E-state index contributed by atoms with van der Waals surface area (Å²) in [5.74, 6) is 6.27. The van der Waals surface area contributed by atoms with E-state index in [1.807, 2.05) is 0 Å². The van der Waals surface area contributed by atoms with Crippen molar-refractivity contribution in [1.29, 1.82) is 0 Å². The van der Waals surface area contributed by atoms with Crippen LogP contribution in [0.2, 0.25) is 0 Å². The molecule has 0 bridgehead atoms. The molecule has 0 radical (unpaired) electrons. The highest BCUT2D eigenvalue weighted by molar-refractivity contribution is 4.71. The number of nitrogens with two attached hydrogens (primary N) is 1. The topological polar surface area (TPSA) is 38.0 Å². The Morgan fingerprint density at radius 2 is 1.75 bits per heavy atom. The molecule has 0 aromatic heterocycles. The fraction of sp³-hybridized carbons (Fsp3) is 1.00. The lowest BCUT2D eigenvalue weighted by atomic mass is 9.91. The highest BCUT2D eigenvalue weighted by Gasteiger charge is 2.15. The maximum absolute atomic E-state index is 5.52. The Labute approximate surface area is 76.9 Å². The molecule has 0 saturated carbocycles. The fourth-order valence-electron chi connectivity index (χ4n) is 1.74. The lowest BCUT2D eigenvalue weighted by molar-refractivity contribution is 0.315. The third kappa shape index (κ3) is 4.07. The molecule has 0 aromatic rings. The summed E-state index contributed by atoms with van der Waals surface area (Å²) in [6.45, 7) is 6.70. The first-order valence-corrected chi connectivity index (χ1v) is 5.26. The quantitative estimate of drug-likeness (QED) is 0.457. The molecule has 0 saturated heterocycles. The molecule has 0 rings (SSSR count). The van der Waals surface area contributed by atoms with Crippen LogP contribution in [0.5, 0.6) is 0 Å². The standard InChI is InChI=1S/C10H24N2/c1-4-7-8-10(12-11)9(5-2)6-3/h9-10,12H,4-8,11H2,1-3H3/t10-/m0/s1. The van der Waals surface area contributed by atoms with Gasteiger partial charge in [0.15, 0.2) is 0 Å². The third-order valence-corrected chi connectivity index (χ3v) is 2.70. The van der Waals surface area contributed by atoms with Gasteiger partial charge >= 0.3 is 0 Å². The SMILES string of the molecule is CCCC[C@H](NN)C(CC)CC. The van der Waals surface area contributed by atoms with Gasteiger partial charge < -0.3 is 0 Å². The van der Waals surface area contributed by atoms with Crippen LogP contribution in [0, 0.1) is 5.92 Å². The predicted octanol–water partition coefficient (Wildman–Crippen LogP) is 2.44. The molecule has 0 aromatic carbocycles. The van der Waals surface area contributed by atoms with E-state index in [2.05, 4.69) is 26.2 Å². The van der Waals surface area contributed by atoms with Gasteiger partial charge in [-0.1, -0.05) is 46.5 Å². The van der Waals surface area contributed by atoms with Gasteiger partial charge in [0.05, 0.1) is 0 Å². The van der Waals surface area contributed by atoms with Crippen LogP contribution in [0.3, 0.4) is 0 Å². The van der Waals surface area contributed by atoms with Crippen molar-refractivity contribution in [2.24, 2.45) is 11.8 Å². The van der Waals surface area contributed by atoms with E-state index in [0.29, 0.717) is 6.04 Å². The molecule has 0 spiro atoms. The number of nitrogens with one attached hydrogen (secondary N) is 1. The molecule has 1 atom stereocenters. The Bertz CT molecular complexity index is 89.8. The number of unbranched alkanes of at least 4 members (excludes halogenated alkanes) is 1. The monoisotopic (exact) mass is 172 g/mol. The zero-order valence-electron chi connectivity index (χ0n) is 8.77. The van der Waals surface area contributed by atoms with E-state index in [1.165, 1.54) is 32.1 Å². The van der Waals surface area contributed by atoms with Gasteiger partial charge in [0.1, 0.15) is 0 Å². The Morgan fingerprint density at radius 3 is 2.08 bits per heavy atom. The van der Waals surface area contributed by atoms with Crippen molar-refractivity contribution in [1.82, 2.24) is 5.43 Å². The highest BCUT2D eigenvalue weighted by Crippen LogP contribution is 2.16. The van der Waals surface area contributed by atoms with Gasteiger partial charge in [-0.3, -0.25) is 11.3 Å². The van der Waals surface area contributed by atoms with Crippen molar-refractivity contribution in [3.8, 4) is 0 Å². The molecule has 0 fully saturated rings. The summed E-state index contributed by atoms with van der Waals surface area (Å²) < 4.78 is 0. The largest absolute Gasteiger partial charge is 0.271 e. The van der Waals surface area contributed by atoms with Crippen molar-refractivity contribution in [3.05, 3.63) is 0 Å². The maximum Gasteiger partial charge on any atom is 0.0238 e. The van der Waals surface area contributed by atoms with Crippen LogP contribution in [-0.4, -0.2) is 6.04 Å². The highest BCUT2D eigenvalue weighted by atomic mass is 15.2. The second kappa shape index (κ2) is 7.56. The Kier molecular flexibility index (Phi) is 7.51. The zero-order valence-corrected chi connectivity index (χ0v) is 8.77. The van der Waals surface area contributed by atoms with Crippen molar-refractivity contribution >= 4 is 0 Å². The summed E-state index contributed by atoms with van der Waals surface area (Å²) in [4.78, 5) is 0. The molecular formula is C10H24N2. The lowest BCUT2D eigenvalue weighted by Crippen LogP contribution is -2.40. The molecule has 12 heavy (non-hydrogen) atoms. The average molecular weight is 172 g/mol. The van der Waals surface area contributed by atoms with Crippen LogP contribution >= 0.6 is 0 Å². The average Bonchev–Trinajstić information content (AvgIpc) is 2.12. The summed E-state index contributed by atoms with van der Waals surface area (Å²) in [5, 5.41) is 0. The molecule has 2 nitrogen and oxygen atoms in total. The van der Waals surface area contributed by atoms with E-state index in [4.69, 9.17) is 5.84 Å². The minimum atomic E-state index is 0.528. The molecule has 0 heterocycles. The van der Waals surface area contributed by atoms with E-state index in [0.717, 1.165) is 5.92 Å². The molecule has 0 amide bonds. The first-order valence-electron chi connectivity index (χ1n) is 5.26. The first kappa shape index (κ1) is 11.9. The predicted molar refractivity (Wildman–Crippen MR) is 54.7 cm³/mol. The minimum Gasteiger partial charge on any atom is -0.271 e. The van der Waals surface area contributed by atoms with Crippen molar-refractivity contribution in [2.45, 2.75) is 58.9 Å². The Balaban J connectivity index is 3.75. The summed E-state index contributed by atoms with van der Waals surface area (Å²) in [6.07, 6.45) is 6.23. The second-order valence-corrected chi connectivity index (χ2v) is 3.49. The molecule has 74 valence electrons. The van der Waals surface area contributed by atoms with Gasteiger partial charge in [0.25, 0.3) is 0 Å². The summed E-state index contributed by atoms with van der Waals surface area (Å²) in [6, 6.07) is 0.528. The van der Waals surface area contributed by atoms with Gasteiger partial charge in [-0.2, -0.15) is 0 Å². The van der Waals surface area contributed by atoms with E-state index < -0.39 is 0 Å². The minimum absolute atomic E-state index is 0.528. The summed E-state index contributed by atoms with van der Waals surface area (Å²) in [7, 11) is 0. The van der Waals surface area contributed by atoms with E-state index in [9.17, 15) is 0 Å². The van der Waals surface area contributed by atoms with Crippen molar-refractivity contribution in [3.63, 3.8) is 0 Å². The van der Waals surface area contributed by atoms with Crippen LogP contribution in [-0.2, 0) is 0 Å². The van der Waals surface area contributed by atoms with Gasteiger partial charge in [0, 0.05) is 6.04 Å². The molecule has 0 unspecified atom stereocenters. The molecular weight excluding hydrogens is 148 g/mol. The smallest absolute Gasteiger partial charge is 0.0238 e. The second-order valence-electron chi connectivity index (χ2n) is 3.49. The number of hydrazine groups is 1. The van der Waals surface area contributed by atoms with Gasteiger partial charge in [0.2, 0.25) is 0 Å². The molecule has 0 aliphatic carbocycles. The number of rotatable bonds is 7. The lowest BCUT2D eigenvalue weighted by Gasteiger charge is -2.24. The first-order chi connectivity index (χ1) is 5.79. The van der Waals surface area contributed by atoms with E-state index in [-0.39, 0.29) is 0 Å². The molecule has 2 heteroatoms. The number of hydrogen-bond donors (Lipinski definition) is 2. The maximum atomic E-state index is 5.52.